The summed E-state index contributed by atoms with van der Waals surface area (Å²) in [4.78, 5) is 27.0. The molecule has 0 aliphatic carbocycles. The molecule has 6 heteroatoms. The fraction of sp³-hybridized carbons (Fsp3) is 0.0800. The van der Waals surface area contributed by atoms with E-state index in [-0.39, 0.29) is 10.7 Å². The Balaban J connectivity index is 1.61. The summed E-state index contributed by atoms with van der Waals surface area (Å²) in [6.07, 6.45) is 1.60. The van der Waals surface area contributed by atoms with Crippen molar-refractivity contribution < 1.29 is 14.3 Å². The van der Waals surface area contributed by atoms with Crippen LogP contribution in [0.25, 0.3) is 6.08 Å². The van der Waals surface area contributed by atoms with Crippen LogP contribution in [0.5, 0.6) is 11.5 Å². The second-order valence-electron chi connectivity index (χ2n) is 7.29. The molecule has 2 amide bonds. The number of carbonyl (C=O) groups is 2. The molecule has 0 saturated carbocycles. The minimum Gasteiger partial charge on any atom is -0.457 e. The molecule has 3 aromatic rings. The third kappa shape index (κ3) is 4.54. The van der Waals surface area contributed by atoms with Crippen LogP contribution in [0.1, 0.15) is 16.7 Å². The van der Waals surface area contributed by atoms with Crippen molar-refractivity contribution >= 4 is 40.9 Å². The highest BCUT2D eigenvalue weighted by Crippen LogP contribution is 2.27. The molecule has 1 N–H and O–H groups in total. The first kappa shape index (κ1) is 20.5. The van der Waals surface area contributed by atoms with Gasteiger partial charge in [0, 0.05) is 0 Å². The maximum atomic E-state index is 13.2. The number of thiocarbonyl (C=S) groups is 1. The van der Waals surface area contributed by atoms with Crippen LogP contribution in [-0.4, -0.2) is 16.9 Å². The number of hydrogen-bond acceptors (Lipinski definition) is 4. The smallest absolute Gasteiger partial charge is 0.270 e. The lowest BCUT2D eigenvalue weighted by Gasteiger charge is -2.29. The molecule has 0 aromatic heterocycles. The average Bonchev–Trinajstić information content (AvgIpc) is 2.72. The number of nitrogens with zero attached hydrogens (tertiary/aromatic N) is 1. The van der Waals surface area contributed by atoms with Crippen molar-refractivity contribution in [2.24, 2.45) is 0 Å². The topological polar surface area (TPSA) is 58.6 Å². The summed E-state index contributed by atoms with van der Waals surface area (Å²) in [6, 6.07) is 22.3. The number of ether oxygens (including phenoxy) is 1. The quantitative estimate of drug-likeness (QED) is 0.364. The summed E-state index contributed by atoms with van der Waals surface area (Å²) >= 11 is 5.27. The van der Waals surface area contributed by atoms with Crippen molar-refractivity contribution in [3.63, 3.8) is 0 Å². The van der Waals surface area contributed by atoms with Crippen LogP contribution in [-0.2, 0) is 9.59 Å². The Labute approximate surface area is 186 Å². The van der Waals surface area contributed by atoms with Gasteiger partial charge in [0.2, 0.25) is 0 Å². The Morgan fingerprint density at radius 3 is 2.13 bits per heavy atom. The van der Waals surface area contributed by atoms with Crippen molar-refractivity contribution in [2.45, 2.75) is 13.8 Å². The number of hydrogen-bond donors (Lipinski definition) is 1. The van der Waals surface area contributed by atoms with Gasteiger partial charge in [-0.3, -0.25) is 19.8 Å². The number of benzene rings is 3. The highest BCUT2D eigenvalue weighted by molar-refractivity contribution is 7.80. The SMILES string of the molecule is Cc1cc(C)cc(/C=C2\C(=O)NC(=S)N(c3ccc(Oc4ccccc4)cc3)C2=O)c1. The van der Waals surface area contributed by atoms with Gasteiger partial charge in [0.05, 0.1) is 5.69 Å². The summed E-state index contributed by atoms with van der Waals surface area (Å²) in [7, 11) is 0. The Kier molecular flexibility index (Phi) is 5.64. The number of carbonyl (C=O) groups excluding carboxylic acids is 2. The molecular formula is C25H20N2O3S. The van der Waals surface area contributed by atoms with Crippen LogP contribution in [0, 0.1) is 13.8 Å². The van der Waals surface area contributed by atoms with Gasteiger partial charge in [0.1, 0.15) is 17.1 Å². The summed E-state index contributed by atoms with van der Waals surface area (Å²) in [5.74, 6) is 0.366. The second kappa shape index (κ2) is 8.53. The molecule has 0 spiro atoms. The van der Waals surface area contributed by atoms with E-state index >= 15 is 0 Å². The molecule has 31 heavy (non-hydrogen) atoms. The van der Waals surface area contributed by atoms with Gasteiger partial charge in [-0.2, -0.15) is 0 Å². The minimum atomic E-state index is -0.505. The van der Waals surface area contributed by atoms with Crippen LogP contribution in [0.2, 0.25) is 0 Å². The lowest BCUT2D eigenvalue weighted by molar-refractivity contribution is -0.122. The first-order valence-corrected chi connectivity index (χ1v) is 10.1. The van der Waals surface area contributed by atoms with E-state index in [9.17, 15) is 9.59 Å². The summed E-state index contributed by atoms with van der Waals surface area (Å²) in [5, 5.41) is 2.66. The van der Waals surface area contributed by atoms with Crippen LogP contribution in [0.4, 0.5) is 5.69 Å². The molecule has 1 saturated heterocycles. The zero-order chi connectivity index (χ0) is 22.0. The van der Waals surface area contributed by atoms with Gasteiger partial charge in [-0.1, -0.05) is 47.5 Å². The zero-order valence-electron chi connectivity index (χ0n) is 17.1. The largest absolute Gasteiger partial charge is 0.457 e. The molecule has 1 aliphatic rings. The van der Waals surface area contributed by atoms with Crippen molar-refractivity contribution in [3.05, 3.63) is 95.1 Å². The van der Waals surface area contributed by atoms with E-state index in [0.717, 1.165) is 16.7 Å². The molecule has 1 heterocycles. The van der Waals surface area contributed by atoms with Gasteiger partial charge in [0.15, 0.2) is 5.11 Å². The highest BCUT2D eigenvalue weighted by Gasteiger charge is 2.34. The molecular weight excluding hydrogens is 408 g/mol. The fourth-order valence-corrected chi connectivity index (χ4v) is 3.72. The molecule has 0 unspecified atom stereocenters. The molecule has 4 rings (SSSR count). The first-order valence-electron chi connectivity index (χ1n) is 9.73. The van der Waals surface area contributed by atoms with Gasteiger partial charge in [-0.25, -0.2) is 0 Å². The maximum absolute atomic E-state index is 13.2. The Morgan fingerprint density at radius 1 is 0.871 bits per heavy atom. The van der Waals surface area contributed by atoms with Crippen molar-refractivity contribution in [2.75, 3.05) is 4.90 Å². The maximum Gasteiger partial charge on any atom is 0.270 e. The normalized spacial score (nSPS) is 15.2. The minimum absolute atomic E-state index is 0.0308. The van der Waals surface area contributed by atoms with Crippen LogP contribution in [0.15, 0.2) is 78.4 Å². The van der Waals surface area contributed by atoms with E-state index in [0.29, 0.717) is 17.2 Å². The lowest BCUT2D eigenvalue weighted by Crippen LogP contribution is -2.54. The highest BCUT2D eigenvalue weighted by atomic mass is 32.1. The van der Waals surface area contributed by atoms with Gasteiger partial charge >= 0.3 is 0 Å². The van der Waals surface area contributed by atoms with Crippen molar-refractivity contribution in [1.82, 2.24) is 5.32 Å². The first-order chi connectivity index (χ1) is 14.9. The second-order valence-corrected chi connectivity index (χ2v) is 7.67. The molecule has 0 bridgehead atoms. The zero-order valence-corrected chi connectivity index (χ0v) is 17.9. The van der Waals surface area contributed by atoms with Gasteiger partial charge in [-0.15, -0.1) is 0 Å². The third-order valence-corrected chi connectivity index (χ3v) is 5.02. The predicted molar refractivity (Wildman–Crippen MR) is 125 cm³/mol. The van der Waals surface area contributed by atoms with E-state index in [2.05, 4.69) is 5.32 Å². The molecule has 154 valence electrons. The molecule has 0 radical (unpaired) electrons. The van der Waals surface area contributed by atoms with Crippen molar-refractivity contribution in [1.29, 1.82) is 0 Å². The number of anilines is 1. The van der Waals surface area contributed by atoms with Crippen LogP contribution < -0.4 is 15.0 Å². The Morgan fingerprint density at radius 2 is 1.48 bits per heavy atom. The van der Waals surface area contributed by atoms with E-state index in [1.165, 1.54) is 4.90 Å². The third-order valence-electron chi connectivity index (χ3n) is 4.73. The standard InChI is InChI=1S/C25H20N2O3S/c1-16-12-17(2)14-18(13-16)15-22-23(28)26-25(31)27(24(22)29)19-8-10-21(11-9-19)30-20-6-4-3-5-7-20/h3-15H,1-2H3,(H,26,28,31)/b22-15+. The number of nitrogens with one attached hydrogen (secondary N) is 1. The summed E-state index contributed by atoms with van der Waals surface area (Å²) in [6.45, 7) is 3.94. The number of para-hydroxylation sites is 1. The van der Waals surface area contributed by atoms with E-state index < -0.39 is 11.8 Å². The monoisotopic (exact) mass is 428 g/mol. The van der Waals surface area contributed by atoms with Gasteiger partial charge < -0.3 is 4.74 Å². The Hall–Kier alpha value is -3.77. The van der Waals surface area contributed by atoms with E-state index in [4.69, 9.17) is 17.0 Å². The van der Waals surface area contributed by atoms with E-state index in [1.807, 2.05) is 62.4 Å². The number of aryl methyl sites for hydroxylation is 2. The van der Waals surface area contributed by atoms with E-state index in [1.54, 1.807) is 30.3 Å². The molecule has 5 nitrogen and oxygen atoms in total. The van der Waals surface area contributed by atoms with Gasteiger partial charge in [0.25, 0.3) is 11.8 Å². The predicted octanol–water partition coefficient (Wildman–Crippen LogP) is 4.93. The van der Waals surface area contributed by atoms with Crippen LogP contribution >= 0.6 is 12.2 Å². The van der Waals surface area contributed by atoms with Gasteiger partial charge in [-0.05, 0) is 74.1 Å². The number of rotatable bonds is 4. The molecule has 1 fully saturated rings. The lowest BCUT2D eigenvalue weighted by atomic mass is 10.0. The molecule has 0 atom stereocenters. The number of amides is 2. The summed E-state index contributed by atoms with van der Waals surface area (Å²) < 4.78 is 5.80. The van der Waals surface area contributed by atoms with Crippen LogP contribution in [0.3, 0.4) is 0 Å². The Bertz CT molecular complexity index is 1180. The molecule has 1 aliphatic heterocycles. The average molecular weight is 429 g/mol. The molecule has 3 aromatic carbocycles. The van der Waals surface area contributed by atoms with Crippen molar-refractivity contribution in [3.8, 4) is 11.5 Å². The fourth-order valence-electron chi connectivity index (χ4n) is 3.44. The summed E-state index contributed by atoms with van der Waals surface area (Å²) in [5.41, 5.74) is 3.47.